The van der Waals surface area contributed by atoms with E-state index in [2.05, 4.69) is 5.32 Å². The highest BCUT2D eigenvalue weighted by molar-refractivity contribution is 5.84. The average molecular weight is 256 g/mol. The third kappa shape index (κ3) is 3.55. The summed E-state index contributed by atoms with van der Waals surface area (Å²) >= 11 is 0. The Balaban J connectivity index is 2.50. The zero-order valence-electron chi connectivity index (χ0n) is 9.56. The lowest BCUT2D eigenvalue weighted by atomic mass is 10.2. The third-order valence-electron chi connectivity index (χ3n) is 2.66. The first-order valence-corrected chi connectivity index (χ1v) is 5.56. The molecule has 0 aromatic heterocycles. The molecular weight excluding hydrogens is 240 g/mol. The highest BCUT2D eigenvalue weighted by Gasteiger charge is 2.45. The summed E-state index contributed by atoms with van der Waals surface area (Å²) in [5.41, 5.74) is 0. The second kappa shape index (κ2) is 5.66. The molecule has 1 aliphatic rings. The van der Waals surface area contributed by atoms with Gasteiger partial charge in [-0.05, 0) is 19.4 Å². The first kappa shape index (κ1) is 14.2. The number of hydrogen-bond acceptors (Lipinski definition) is 2. The van der Waals surface area contributed by atoms with Crippen molar-refractivity contribution in [1.82, 2.24) is 10.2 Å². The first-order chi connectivity index (χ1) is 7.88. The molecule has 0 bridgehead atoms. The van der Waals surface area contributed by atoms with Crippen molar-refractivity contribution in [2.45, 2.75) is 38.2 Å². The maximum Gasteiger partial charge on any atom is 0.324 e. The minimum absolute atomic E-state index is 0.0997. The Morgan fingerprint density at radius 2 is 2.18 bits per heavy atom. The van der Waals surface area contributed by atoms with Crippen molar-refractivity contribution in [3.63, 3.8) is 0 Å². The Morgan fingerprint density at radius 1 is 1.53 bits per heavy atom. The van der Waals surface area contributed by atoms with Crippen LogP contribution >= 0.6 is 0 Å². The molecule has 0 saturated carbocycles. The molecule has 7 heteroatoms. The Labute approximate surface area is 97.2 Å². The molecule has 1 unspecified atom stereocenters. The van der Waals surface area contributed by atoms with Crippen molar-refractivity contribution in [3.8, 4) is 0 Å². The van der Waals surface area contributed by atoms with Gasteiger partial charge in [-0.3, -0.25) is 4.79 Å². The monoisotopic (exact) mass is 256 g/mol. The fourth-order valence-electron chi connectivity index (χ4n) is 1.73. The fourth-order valence-corrected chi connectivity index (χ4v) is 1.73. The van der Waals surface area contributed by atoms with Gasteiger partial charge < -0.3 is 10.2 Å². The molecule has 0 radical (unpaired) electrons. The lowest BCUT2D eigenvalue weighted by Crippen LogP contribution is -2.45. The van der Waals surface area contributed by atoms with Crippen LogP contribution in [-0.4, -0.2) is 48.8 Å². The molecule has 0 aromatic carbocycles. The number of nitrogens with one attached hydrogen (secondary N) is 1. The van der Waals surface area contributed by atoms with Crippen LogP contribution in [0.3, 0.4) is 0 Å². The minimum atomic E-state index is -4.13. The molecule has 100 valence electrons. The topological polar surface area (TPSA) is 32.3 Å². The number of carbonyl (C=O) groups is 1. The largest absolute Gasteiger partial charge is 0.335 e. The molecule has 1 rings (SSSR count). The van der Waals surface area contributed by atoms with Gasteiger partial charge >= 0.3 is 12.3 Å². The molecule has 0 spiro atoms. The van der Waals surface area contributed by atoms with Crippen LogP contribution in [0.2, 0.25) is 0 Å². The highest BCUT2D eigenvalue weighted by Crippen LogP contribution is 2.26. The lowest BCUT2D eigenvalue weighted by Gasteiger charge is -2.23. The molecule has 17 heavy (non-hydrogen) atoms. The van der Waals surface area contributed by atoms with E-state index in [1.807, 2.05) is 6.92 Å². The van der Waals surface area contributed by atoms with Crippen LogP contribution in [0.5, 0.6) is 0 Å². The SMILES string of the molecule is CCCNC1CCN(CC(F)(F)C(F)F)C1=O. The van der Waals surface area contributed by atoms with Gasteiger partial charge in [-0.1, -0.05) is 6.92 Å². The number of amides is 1. The van der Waals surface area contributed by atoms with Gasteiger partial charge in [-0.2, -0.15) is 8.78 Å². The summed E-state index contributed by atoms with van der Waals surface area (Å²) in [6.07, 6.45) is -2.53. The Bertz CT molecular complexity index is 273. The Morgan fingerprint density at radius 3 is 2.71 bits per heavy atom. The predicted octanol–water partition coefficient (Wildman–Crippen LogP) is 1.49. The van der Waals surface area contributed by atoms with Crippen molar-refractivity contribution in [1.29, 1.82) is 0 Å². The maximum atomic E-state index is 12.8. The van der Waals surface area contributed by atoms with E-state index < -0.39 is 30.8 Å². The maximum absolute atomic E-state index is 12.8. The number of carbonyl (C=O) groups excluding carboxylic acids is 1. The van der Waals surface area contributed by atoms with Crippen LogP contribution in [0.4, 0.5) is 17.6 Å². The molecule has 1 saturated heterocycles. The van der Waals surface area contributed by atoms with Gasteiger partial charge in [0.15, 0.2) is 0 Å². The van der Waals surface area contributed by atoms with E-state index in [9.17, 15) is 22.4 Å². The fraction of sp³-hybridized carbons (Fsp3) is 0.900. The van der Waals surface area contributed by atoms with E-state index in [1.165, 1.54) is 0 Å². The van der Waals surface area contributed by atoms with Crippen LogP contribution in [-0.2, 0) is 4.79 Å². The van der Waals surface area contributed by atoms with E-state index in [1.54, 1.807) is 0 Å². The van der Waals surface area contributed by atoms with E-state index >= 15 is 0 Å². The van der Waals surface area contributed by atoms with E-state index in [4.69, 9.17) is 0 Å². The van der Waals surface area contributed by atoms with Gasteiger partial charge in [0.05, 0.1) is 12.6 Å². The minimum Gasteiger partial charge on any atom is -0.335 e. The van der Waals surface area contributed by atoms with Crippen molar-refractivity contribution >= 4 is 5.91 Å². The zero-order chi connectivity index (χ0) is 13.1. The van der Waals surface area contributed by atoms with Gasteiger partial charge in [0.1, 0.15) is 0 Å². The summed E-state index contributed by atoms with van der Waals surface area (Å²) in [6, 6.07) is -0.511. The molecular formula is C10H16F4N2O. The Kier molecular flexibility index (Phi) is 4.73. The van der Waals surface area contributed by atoms with Gasteiger partial charge in [0, 0.05) is 6.54 Å². The van der Waals surface area contributed by atoms with Crippen molar-refractivity contribution in [2.75, 3.05) is 19.6 Å². The standard InChI is InChI=1S/C10H16F4N2O/c1-2-4-15-7-3-5-16(8(7)17)6-10(13,14)9(11)12/h7,9,15H,2-6H2,1H3. The molecule has 1 amide bonds. The van der Waals surface area contributed by atoms with E-state index in [0.29, 0.717) is 13.0 Å². The van der Waals surface area contributed by atoms with Gasteiger partial charge in [-0.25, -0.2) is 8.78 Å². The normalized spacial score (nSPS) is 21.6. The molecule has 0 aromatic rings. The van der Waals surface area contributed by atoms with Gasteiger partial charge in [0.2, 0.25) is 5.91 Å². The van der Waals surface area contributed by atoms with Gasteiger partial charge in [0.25, 0.3) is 0 Å². The molecule has 1 fully saturated rings. The van der Waals surface area contributed by atoms with Crippen LogP contribution in [0.25, 0.3) is 0 Å². The van der Waals surface area contributed by atoms with E-state index in [-0.39, 0.29) is 6.54 Å². The average Bonchev–Trinajstić information content (AvgIpc) is 2.57. The summed E-state index contributed by atoms with van der Waals surface area (Å²) in [7, 11) is 0. The molecule has 1 atom stereocenters. The number of alkyl halides is 4. The number of hydrogen-bond donors (Lipinski definition) is 1. The van der Waals surface area contributed by atoms with Crippen LogP contribution in [0.1, 0.15) is 19.8 Å². The number of halogens is 4. The van der Waals surface area contributed by atoms with Crippen molar-refractivity contribution in [3.05, 3.63) is 0 Å². The molecule has 1 aliphatic heterocycles. The quantitative estimate of drug-likeness (QED) is 0.730. The summed E-state index contributed by atoms with van der Waals surface area (Å²) in [4.78, 5) is 12.4. The second-order valence-corrected chi connectivity index (χ2v) is 4.12. The molecule has 1 heterocycles. The molecule has 0 aliphatic carbocycles. The highest BCUT2D eigenvalue weighted by atomic mass is 19.3. The van der Waals surface area contributed by atoms with Crippen molar-refractivity contribution < 1.29 is 22.4 Å². The van der Waals surface area contributed by atoms with Crippen LogP contribution in [0.15, 0.2) is 0 Å². The number of likely N-dealkylation sites (tertiary alicyclic amines) is 1. The van der Waals surface area contributed by atoms with Crippen LogP contribution < -0.4 is 5.32 Å². The number of nitrogens with zero attached hydrogens (tertiary/aromatic N) is 1. The van der Waals surface area contributed by atoms with E-state index in [0.717, 1.165) is 11.3 Å². The lowest BCUT2D eigenvalue weighted by molar-refractivity contribution is -0.153. The molecule has 3 nitrogen and oxygen atoms in total. The summed E-state index contributed by atoms with van der Waals surface area (Å²) in [5, 5.41) is 2.90. The predicted molar refractivity (Wildman–Crippen MR) is 54.2 cm³/mol. The molecule has 1 N–H and O–H groups in total. The summed E-state index contributed by atoms with van der Waals surface area (Å²) in [6.45, 7) is 1.42. The summed E-state index contributed by atoms with van der Waals surface area (Å²) < 4.78 is 49.6. The summed E-state index contributed by atoms with van der Waals surface area (Å²) in [5.74, 6) is -4.64. The Hall–Kier alpha value is -0.850. The third-order valence-corrected chi connectivity index (χ3v) is 2.66. The second-order valence-electron chi connectivity index (χ2n) is 4.12. The number of rotatable bonds is 6. The van der Waals surface area contributed by atoms with Gasteiger partial charge in [-0.15, -0.1) is 0 Å². The van der Waals surface area contributed by atoms with Crippen LogP contribution in [0, 0.1) is 0 Å². The zero-order valence-corrected chi connectivity index (χ0v) is 9.56. The first-order valence-electron chi connectivity index (χ1n) is 5.56. The van der Waals surface area contributed by atoms with Crippen molar-refractivity contribution in [2.24, 2.45) is 0 Å². The smallest absolute Gasteiger partial charge is 0.324 e.